The number of rotatable bonds is 6. The molecule has 0 radical (unpaired) electrons. The van der Waals surface area contributed by atoms with Crippen LogP contribution in [0.1, 0.15) is 38.6 Å². The largest absolute Gasteiger partial charge is 0.416 e. The Bertz CT molecular complexity index is 849. The van der Waals surface area contributed by atoms with Crippen LogP contribution in [-0.2, 0) is 6.18 Å². The lowest BCUT2D eigenvalue weighted by molar-refractivity contribution is -0.137. The van der Waals surface area contributed by atoms with Crippen molar-refractivity contribution in [2.75, 3.05) is 11.9 Å². The molecule has 26 heavy (non-hydrogen) atoms. The van der Waals surface area contributed by atoms with Gasteiger partial charge in [-0.1, -0.05) is 37.3 Å². The lowest BCUT2D eigenvalue weighted by Crippen LogP contribution is -2.08. The molecule has 0 fully saturated rings. The Morgan fingerprint density at radius 1 is 1.15 bits per heavy atom. The molecule has 0 spiro atoms. The van der Waals surface area contributed by atoms with Crippen LogP contribution in [0.25, 0.3) is 16.5 Å². The van der Waals surface area contributed by atoms with Gasteiger partial charge in [0.1, 0.15) is 5.82 Å². The number of anilines is 1. The van der Waals surface area contributed by atoms with Crippen molar-refractivity contribution in [1.29, 1.82) is 0 Å². The van der Waals surface area contributed by atoms with E-state index >= 15 is 0 Å². The van der Waals surface area contributed by atoms with Crippen molar-refractivity contribution in [1.82, 2.24) is 9.97 Å². The van der Waals surface area contributed by atoms with Crippen LogP contribution >= 0.6 is 0 Å². The lowest BCUT2D eigenvalue weighted by Gasteiger charge is -2.12. The summed E-state index contributed by atoms with van der Waals surface area (Å²) in [6.07, 6.45) is 5.79. The fraction of sp³-hybridized carbons (Fsp3) is 0.300. The summed E-state index contributed by atoms with van der Waals surface area (Å²) in [6, 6.07) is 3.55. The normalized spacial score (nSPS) is 13.2. The van der Waals surface area contributed by atoms with Crippen molar-refractivity contribution < 1.29 is 13.2 Å². The molecule has 1 N–H and O–H groups in total. The first kappa shape index (κ1) is 19.7. The summed E-state index contributed by atoms with van der Waals surface area (Å²) >= 11 is 0. The molecular formula is C20H22F3N3. The standard InChI is InChI=1S/C20H22F3N3/c1-4-6-7-8-9-14(3)18-25-17-13-15(20(21,22)23)10-11-16(17)19(26-18)24-12-5-2/h4,6-11,13H,5,12H2,1-3H3,(H,24,25,26)/b6-4-,8-7-,14-9+. The minimum absolute atomic E-state index is 0.272. The number of nitrogens with one attached hydrogen (secondary N) is 1. The van der Waals surface area contributed by atoms with Gasteiger partial charge in [0.2, 0.25) is 0 Å². The van der Waals surface area contributed by atoms with E-state index in [4.69, 9.17) is 0 Å². The fourth-order valence-corrected chi connectivity index (χ4v) is 2.31. The maximum atomic E-state index is 13.0. The van der Waals surface area contributed by atoms with E-state index in [0.29, 0.717) is 23.6 Å². The summed E-state index contributed by atoms with van der Waals surface area (Å²) in [5.74, 6) is 0.950. The van der Waals surface area contributed by atoms with Gasteiger partial charge in [0, 0.05) is 11.9 Å². The third kappa shape index (κ3) is 4.94. The van der Waals surface area contributed by atoms with Crippen LogP contribution < -0.4 is 5.32 Å². The van der Waals surface area contributed by atoms with Gasteiger partial charge in [-0.25, -0.2) is 9.97 Å². The zero-order valence-electron chi connectivity index (χ0n) is 15.1. The Hall–Kier alpha value is -2.63. The predicted octanol–water partition coefficient (Wildman–Crippen LogP) is 6.01. The summed E-state index contributed by atoms with van der Waals surface area (Å²) < 4.78 is 39.1. The Kier molecular flexibility index (Phi) is 6.55. The van der Waals surface area contributed by atoms with Crippen LogP contribution in [0.3, 0.4) is 0 Å². The van der Waals surface area contributed by atoms with Crippen molar-refractivity contribution in [3.8, 4) is 0 Å². The highest BCUT2D eigenvalue weighted by molar-refractivity contribution is 5.90. The number of nitrogens with zero attached hydrogens (tertiary/aromatic N) is 2. The number of alkyl halides is 3. The molecule has 138 valence electrons. The van der Waals surface area contributed by atoms with Gasteiger partial charge >= 0.3 is 6.18 Å². The SMILES string of the molecule is C\C=C/C=C\C=C(/C)c1nc(NCCC)c2ccc(C(F)(F)F)cc2n1. The molecule has 0 aliphatic rings. The second-order valence-corrected chi connectivity index (χ2v) is 5.81. The Balaban J connectivity index is 2.56. The minimum atomic E-state index is -4.41. The molecule has 0 atom stereocenters. The molecule has 0 saturated carbocycles. The lowest BCUT2D eigenvalue weighted by atomic mass is 10.1. The second-order valence-electron chi connectivity index (χ2n) is 5.81. The van der Waals surface area contributed by atoms with Crippen LogP contribution in [0.5, 0.6) is 0 Å². The number of halogens is 3. The summed E-state index contributed by atoms with van der Waals surface area (Å²) in [5.41, 5.74) is 0.323. The summed E-state index contributed by atoms with van der Waals surface area (Å²) in [6.45, 7) is 6.43. The summed E-state index contributed by atoms with van der Waals surface area (Å²) in [5, 5.41) is 3.75. The molecule has 2 aromatic rings. The van der Waals surface area contributed by atoms with E-state index in [9.17, 15) is 13.2 Å². The van der Waals surface area contributed by atoms with Crippen molar-refractivity contribution in [3.05, 3.63) is 60.0 Å². The minimum Gasteiger partial charge on any atom is -0.369 e. The van der Waals surface area contributed by atoms with Gasteiger partial charge in [-0.2, -0.15) is 13.2 Å². The highest BCUT2D eigenvalue weighted by atomic mass is 19.4. The molecule has 1 aromatic carbocycles. The predicted molar refractivity (Wildman–Crippen MR) is 101 cm³/mol. The van der Waals surface area contributed by atoms with Crippen LogP contribution in [0.2, 0.25) is 0 Å². The molecule has 1 heterocycles. The quantitative estimate of drug-likeness (QED) is 0.641. The van der Waals surface area contributed by atoms with Gasteiger partial charge in [-0.15, -0.1) is 0 Å². The number of hydrogen-bond donors (Lipinski definition) is 1. The van der Waals surface area contributed by atoms with Crippen molar-refractivity contribution in [3.63, 3.8) is 0 Å². The molecular weight excluding hydrogens is 339 g/mol. The van der Waals surface area contributed by atoms with Gasteiger partial charge in [-0.3, -0.25) is 0 Å². The molecule has 1 aromatic heterocycles. The third-order valence-corrected chi connectivity index (χ3v) is 3.68. The number of hydrogen-bond acceptors (Lipinski definition) is 3. The van der Waals surface area contributed by atoms with E-state index in [-0.39, 0.29) is 5.52 Å². The van der Waals surface area contributed by atoms with Gasteiger partial charge in [0.15, 0.2) is 5.82 Å². The van der Waals surface area contributed by atoms with E-state index < -0.39 is 11.7 Å². The molecule has 0 bridgehead atoms. The average molecular weight is 361 g/mol. The fourth-order valence-electron chi connectivity index (χ4n) is 2.31. The van der Waals surface area contributed by atoms with Crippen LogP contribution in [-0.4, -0.2) is 16.5 Å². The van der Waals surface area contributed by atoms with E-state index in [1.165, 1.54) is 6.07 Å². The Labute approximate surface area is 151 Å². The first-order valence-corrected chi connectivity index (χ1v) is 8.46. The highest BCUT2D eigenvalue weighted by Gasteiger charge is 2.30. The van der Waals surface area contributed by atoms with Crippen molar-refractivity contribution >= 4 is 22.3 Å². The Morgan fingerprint density at radius 3 is 2.58 bits per heavy atom. The van der Waals surface area contributed by atoms with Crippen molar-refractivity contribution in [2.45, 2.75) is 33.4 Å². The number of benzene rings is 1. The summed E-state index contributed by atoms with van der Waals surface area (Å²) in [4.78, 5) is 8.85. The monoisotopic (exact) mass is 361 g/mol. The van der Waals surface area contributed by atoms with E-state index in [2.05, 4.69) is 15.3 Å². The zero-order valence-corrected chi connectivity index (χ0v) is 15.1. The van der Waals surface area contributed by atoms with E-state index in [1.807, 2.05) is 51.2 Å². The first-order chi connectivity index (χ1) is 12.4. The maximum Gasteiger partial charge on any atom is 0.416 e. The molecule has 0 aliphatic heterocycles. The number of fused-ring (bicyclic) bond motifs is 1. The second kappa shape index (κ2) is 8.65. The molecule has 0 unspecified atom stereocenters. The highest BCUT2D eigenvalue weighted by Crippen LogP contribution is 2.32. The average Bonchev–Trinajstić information content (AvgIpc) is 2.61. The number of allylic oxidation sites excluding steroid dienone is 6. The molecule has 0 aliphatic carbocycles. The molecule has 6 heteroatoms. The Morgan fingerprint density at radius 2 is 1.92 bits per heavy atom. The van der Waals surface area contributed by atoms with Crippen LogP contribution in [0.15, 0.2) is 48.6 Å². The van der Waals surface area contributed by atoms with Gasteiger partial charge < -0.3 is 5.32 Å². The summed E-state index contributed by atoms with van der Waals surface area (Å²) in [7, 11) is 0. The van der Waals surface area contributed by atoms with E-state index in [1.54, 1.807) is 0 Å². The van der Waals surface area contributed by atoms with E-state index in [0.717, 1.165) is 24.1 Å². The molecule has 2 rings (SSSR count). The molecule has 0 amide bonds. The van der Waals surface area contributed by atoms with Gasteiger partial charge in [-0.05, 0) is 44.0 Å². The van der Waals surface area contributed by atoms with Crippen molar-refractivity contribution in [2.24, 2.45) is 0 Å². The first-order valence-electron chi connectivity index (χ1n) is 8.46. The molecule has 3 nitrogen and oxygen atoms in total. The zero-order chi connectivity index (χ0) is 19.2. The smallest absolute Gasteiger partial charge is 0.369 e. The van der Waals surface area contributed by atoms with Gasteiger partial charge in [0.05, 0.1) is 11.1 Å². The number of aromatic nitrogens is 2. The van der Waals surface area contributed by atoms with Gasteiger partial charge in [0.25, 0.3) is 0 Å². The molecule has 0 saturated heterocycles. The topological polar surface area (TPSA) is 37.8 Å². The third-order valence-electron chi connectivity index (χ3n) is 3.68. The van der Waals surface area contributed by atoms with Crippen LogP contribution in [0.4, 0.5) is 19.0 Å². The van der Waals surface area contributed by atoms with Crippen LogP contribution in [0, 0.1) is 0 Å². The maximum absolute atomic E-state index is 13.0.